The molecule has 0 atom stereocenters. The molecule has 1 N–H and O–H groups in total. The van der Waals surface area contributed by atoms with Crippen molar-refractivity contribution in [3.63, 3.8) is 0 Å². The van der Waals surface area contributed by atoms with E-state index in [1.807, 2.05) is 74.2 Å². The number of nitrogens with zero attached hydrogens (tertiary/aromatic N) is 5. The van der Waals surface area contributed by atoms with Crippen molar-refractivity contribution < 1.29 is 28.7 Å². The van der Waals surface area contributed by atoms with Crippen LogP contribution in [0.4, 0.5) is 16.2 Å². The van der Waals surface area contributed by atoms with Crippen LogP contribution in [0.15, 0.2) is 48.5 Å². The Kier molecular flexibility index (Phi) is 14.6. The maximum atomic E-state index is 12.5. The number of rotatable bonds is 10. The van der Waals surface area contributed by atoms with Gasteiger partial charge in [0.1, 0.15) is 5.60 Å². The van der Waals surface area contributed by atoms with Crippen LogP contribution in [0.25, 0.3) is 0 Å². The molecule has 2 aromatic rings. The molecular weight excluding hydrogens is 672 g/mol. The number of anilines is 2. The summed E-state index contributed by atoms with van der Waals surface area (Å²) in [4.78, 5) is 71.7. The van der Waals surface area contributed by atoms with E-state index >= 15 is 0 Å². The van der Waals surface area contributed by atoms with Crippen LogP contribution in [-0.4, -0.2) is 128 Å². The Balaban J connectivity index is 0.000000211. The van der Waals surface area contributed by atoms with Crippen molar-refractivity contribution in [3.05, 3.63) is 59.7 Å². The highest BCUT2D eigenvalue weighted by molar-refractivity contribution is 6.10. The second-order valence-corrected chi connectivity index (χ2v) is 15.3. The summed E-state index contributed by atoms with van der Waals surface area (Å²) in [5.41, 5.74) is 2.42. The van der Waals surface area contributed by atoms with Crippen LogP contribution in [0.3, 0.4) is 0 Å². The Bertz CT molecular complexity index is 1580. The van der Waals surface area contributed by atoms with Crippen LogP contribution >= 0.6 is 0 Å². The first kappa shape index (κ1) is 40.1. The third kappa shape index (κ3) is 11.7. The molecule has 4 heterocycles. The molecule has 12 nitrogen and oxygen atoms in total. The first-order valence-electron chi connectivity index (χ1n) is 19.5. The van der Waals surface area contributed by atoms with E-state index in [0.29, 0.717) is 50.1 Å². The zero-order valence-electron chi connectivity index (χ0n) is 31.9. The van der Waals surface area contributed by atoms with Gasteiger partial charge in [0, 0.05) is 102 Å². The Morgan fingerprint density at radius 2 is 1.04 bits per heavy atom. The third-order valence-electron chi connectivity index (χ3n) is 10.2. The van der Waals surface area contributed by atoms with E-state index in [4.69, 9.17) is 4.74 Å². The van der Waals surface area contributed by atoms with E-state index in [2.05, 4.69) is 15.1 Å². The third-order valence-corrected chi connectivity index (χ3v) is 10.2. The van der Waals surface area contributed by atoms with E-state index in [1.165, 1.54) is 0 Å². The number of para-hydroxylation sites is 2. The standard InChI is InChI=1S/C23H33N3O4.C18H25N3O2/c1-23(2,3)30-22(29)25-16-14-24(15-17-25)12-6-7-13-26-19-9-5-4-8-18(19)20(27)10-11-21(26)28;22-17-7-8-18(23)21(16-6-2-1-5-15(16)17)12-4-3-11-20-13-9-19-10-14-20/h4-5,8-9H,6-7,10-17H2,1-3H3;1-2,5-6,19H,3-4,7-14H2. The smallest absolute Gasteiger partial charge is 0.410 e. The van der Waals surface area contributed by atoms with Crippen molar-refractivity contribution in [2.24, 2.45) is 0 Å². The van der Waals surface area contributed by atoms with Gasteiger partial charge in [-0.05, 0) is 83.8 Å². The molecule has 2 saturated heterocycles. The van der Waals surface area contributed by atoms with Gasteiger partial charge < -0.3 is 29.7 Å². The first-order valence-corrected chi connectivity index (χ1v) is 19.5. The maximum absolute atomic E-state index is 12.5. The summed E-state index contributed by atoms with van der Waals surface area (Å²) in [6.07, 6.45) is 4.87. The molecule has 0 radical (unpaired) electrons. The number of ketones is 2. The van der Waals surface area contributed by atoms with Gasteiger partial charge in [-0.1, -0.05) is 24.3 Å². The summed E-state index contributed by atoms with van der Waals surface area (Å²) < 4.78 is 5.44. The maximum Gasteiger partial charge on any atom is 0.410 e. The zero-order chi connectivity index (χ0) is 37.8. The van der Waals surface area contributed by atoms with Crippen molar-refractivity contribution in [1.29, 1.82) is 0 Å². The summed E-state index contributed by atoms with van der Waals surface area (Å²) in [7, 11) is 0. The number of Topliss-reactive ketones (excluding diaryl/α,β-unsaturated/α-hetero) is 2. The number of unbranched alkanes of at least 4 members (excludes halogenated alkanes) is 2. The normalized spacial score (nSPS) is 18.8. The molecule has 12 heteroatoms. The fraction of sp³-hybridized carbons (Fsp3) is 0.585. The molecule has 3 amide bonds. The quantitative estimate of drug-likeness (QED) is 0.336. The summed E-state index contributed by atoms with van der Waals surface area (Å²) >= 11 is 0. The highest BCUT2D eigenvalue weighted by Crippen LogP contribution is 2.28. The number of benzene rings is 2. The van der Waals surface area contributed by atoms with E-state index < -0.39 is 5.60 Å². The number of carbonyl (C=O) groups excluding carboxylic acids is 5. The fourth-order valence-electron chi connectivity index (χ4n) is 7.25. The van der Waals surface area contributed by atoms with Gasteiger partial charge >= 0.3 is 6.09 Å². The number of carbonyl (C=O) groups is 5. The number of amides is 3. The molecule has 0 unspecified atom stereocenters. The molecule has 288 valence electrons. The molecule has 53 heavy (non-hydrogen) atoms. The first-order chi connectivity index (χ1) is 25.5. The average molecular weight is 731 g/mol. The molecule has 4 aliphatic rings. The zero-order valence-corrected chi connectivity index (χ0v) is 31.9. The van der Waals surface area contributed by atoms with Gasteiger partial charge in [0.15, 0.2) is 11.6 Å². The molecule has 2 aromatic carbocycles. The minimum atomic E-state index is -0.470. The van der Waals surface area contributed by atoms with Gasteiger partial charge in [0.25, 0.3) is 0 Å². The lowest BCUT2D eigenvalue weighted by molar-refractivity contribution is -0.119. The number of fused-ring (bicyclic) bond motifs is 2. The predicted molar refractivity (Wildman–Crippen MR) is 207 cm³/mol. The highest BCUT2D eigenvalue weighted by Gasteiger charge is 2.28. The Hall–Kier alpha value is -4.13. The van der Waals surface area contributed by atoms with E-state index in [0.717, 1.165) is 89.4 Å². The Morgan fingerprint density at radius 3 is 1.51 bits per heavy atom. The summed E-state index contributed by atoms with van der Waals surface area (Å²) in [5, 5.41) is 3.36. The molecular formula is C41H58N6O6. The van der Waals surface area contributed by atoms with Crippen LogP contribution in [0.5, 0.6) is 0 Å². The van der Waals surface area contributed by atoms with Gasteiger partial charge in [-0.25, -0.2) is 4.79 Å². The minimum absolute atomic E-state index is 0.0271. The number of ether oxygens (including phenoxy) is 1. The summed E-state index contributed by atoms with van der Waals surface area (Å²) in [6, 6.07) is 14.9. The molecule has 0 spiro atoms. The number of hydrogen-bond acceptors (Lipinski definition) is 9. The van der Waals surface area contributed by atoms with Gasteiger partial charge in [0.2, 0.25) is 11.8 Å². The predicted octanol–water partition coefficient (Wildman–Crippen LogP) is 5.01. The number of nitrogens with one attached hydrogen (secondary N) is 1. The van der Waals surface area contributed by atoms with Crippen molar-refractivity contribution in [1.82, 2.24) is 20.0 Å². The van der Waals surface area contributed by atoms with E-state index in [-0.39, 0.29) is 42.3 Å². The van der Waals surface area contributed by atoms with Crippen molar-refractivity contribution >= 4 is 40.8 Å². The van der Waals surface area contributed by atoms with Gasteiger partial charge in [0.05, 0.1) is 11.4 Å². The van der Waals surface area contributed by atoms with Crippen LogP contribution in [0.2, 0.25) is 0 Å². The lowest BCUT2D eigenvalue weighted by Gasteiger charge is -2.35. The van der Waals surface area contributed by atoms with Crippen molar-refractivity contribution in [3.8, 4) is 0 Å². The minimum Gasteiger partial charge on any atom is -0.444 e. The van der Waals surface area contributed by atoms with E-state index in [9.17, 15) is 24.0 Å². The van der Waals surface area contributed by atoms with Crippen LogP contribution in [0, 0.1) is 0 Å². The van der Waals surface area contributed by atoms with Crippen LogP contribution in [0.1, 0.15) is 92.9 Å². The molecule has 6 rings (SSSR count). The van der Waals surface area contributed by atoms with Gasteiger partial charge in [-0.2, -0.15) is 0 Å². The molecule has 0 aromatic heterocycles. The fourth-order valence-corrected chi connectivity index (χ4v) is 7.25. The highest BCUT2D eigenvalue weighted by atomic mass is 16.6. The summed E-state index contributed by atoms with van der Waals surface area (Å²) in [5.74, 6) is 0.228. The molecule has 0 aliphatic carbocycles. The van der Waals surface area contributed by atoms with Crippen molar-refractivity contribution in [2.75, 3.05) is 88.3 Å². The van der Waals surface area contributed by atoms with Crippen LogP contribution in [-0.2, 0) is 14.3 Å². The number of piperazine rings is 2. The second kappa shape index (κ2) is 19.3. The van der Waals surface area contributed by atoms with E-state index in [1.54, 1.807) is 9.80 Å². The Morgan fingerprint density at radius 1 is 0.604 bits per heavy atom. The molecule has 0 bridgehead atoms. The SMILES string of the molecule is CC(C)(C)OC(=O)N1CCN(CCCCN2C(=O)CCC(=O)c3ccccc32)CC1.O=C1CCC(=O)N(CCCCN2CCNCC2)c2ccccc21. The topological polar surface area (TPSA) is 123 Å². The van der Waals surface area contributed by atoms with Crippen molar-refractivity contribution in [2.45, 2.75) is 77.7 Å². The van der Waals surface area contributed by atoms with Gasteiger partial charge in [-0.3, -0.25) is 24.1 Å². The molecule has 0 saturated carbocycles. The largest absolute Gasteiger partial charge is 0.444 e. The lowest BCUT2D eigenvalue weighted by atomic mass is 10.1. The summed E-state index contributed by atoms with van der Waals surface area (Å²) in [6.45, 7) is 16.4. The molecule has 2 fully saturated rings. The Labute approximate surface area is 314 Å². The second-order valence-electron chi connectivity index (χ2n) is 15.3. The number of hydrogen-bond donors (Lipinski definition) is 1. The lowest BCUT2D eigenvalue weighted by Crippen LogP contribution is -2.50. The molecule has 4 aliphatic heterocycles. The monoisotopic (exact) mass is 730 g/mol. The van der Waals surface area contributed by atoms with Crippen LogP contribution < -0.4 is 15.1 Å². The van der Waals surface area contributed by atoms with Gasteiger partial charge in [-0.15, -0.1) is 0 Å². The average Bonchev–Trinajstić information content (AvgIpc) is 3.35.